The van der Waals surface area contributed by atoms with Gasteiger partial charge in [-0.2, -0.15) is 0 Å². The lowest BCUT2D eigenvalue weighted by atomic mass is 10.1. The van der Waals surface area contributed by atoms with Gasteiger partial charge in [0.2, 0.25) is 0 Å². The summed E-state index contributed by atoms with van der Waals surface area (Å²) < 4.78 is 5.15. The lowest BCUT2D eigenvalue weighted by Gasteiger charge is -2.22. The van der Waals surface area contributed by atoms with Gasteiger partial charge in [0, 0.05) is 25.0 Å². The van der Waals surface area contributed by atoms with Gasteiger partial charge in [0.25, 0.3) is 5.91 Å². The Labute approximate surface area is 129 Å². The SMILES string of the molecule is CCCCN(CCCBr)C(=O)COC(=O)C1CCNC1. The quantitative estimate of drug-likeness (QED) is 0.507. The highest BCUT2D eigenvalue weighted by molar-refractivity contribution is 9.09. The van der Waals surface area contributed by atoms with Gasteiger partial charge in [-0.3, -0.25) is 9.59 Å². The minimum absolute atomic E-state index is 0.0845. The third kappa shape index (κ3) is 6.22. The summed E-state index contributed by atoms with van der Waals surface area (Å²) in [6.07, 6.45) is 3.74. The number of carbonyl (C=O) groups is 2. The summed E-state index contributed by atoms with van der Waals surface area (Å²) in [4.78, 5) is 25.6. The summed E-state index contributed by atoms with van der Waals surface area (Å²) in [7, 11) is 0. The van der Waals surface area contributed by atoms with E-state index < -0.39 is 0 Å². The Hall–Kier alpha value is -0.620. The van der Waals surface area contributed by atoms with Crippen LogP contribution < -0.4 is 5.32 Å². The maximum Gasteiger partial charge on any atom is 0.310 e. The van der Waals surface area contributed by atoms with Crippen LogP contribution in [-0.2, 0) is 14.3 Å². The van der Waals surface area contributed by atoms with Crippen molar-refractivity contribution in [2.45, 2.75) is 32.6 Å². The molecule has 1 aliphatic rings. The first-order valence-electron chi connectivity index (χ1n) is 7.40. The number of esters is 1. The number of nitrogens with zero attached hydrogens (tertiary/aromatic N) is 1. The molecule has 6 heteroatoms. The van der Waals surface area contributed by atoms with E-state index in [2.05, 4.69) is 28.2 Å². The lowest BCUT2D eigenvalue weighted by molar-refractivity contribution is -0.155. The summed E-state index contributed by atoms with van der Waals surface area (Å²) >= 11 is 3.37. The Morgan fingerprint density at radius 1 is 1.35 bits per heavy atom. The highest BCUT2D eigenvalue weighted by Crippen LogP contribution is 2.09. The molecule has 0 aromatic heterocycles. The van der Waals surface area contributed by atoms with Crippen molar-refractivity contribution in [1.29, 1.82) is 0 Å². The number of nitrogens with one attached hydrogen (secondary N) is 1. The highest BCUT2D eigenvalue weighted by Gasteiger charge is 2.25. The largest absolute Gasteiger partial charge is 0.455 e. The van der Waals surface area contributed by atoms with Crippen LogP contribution in [0.2, 0.25) is 0 Å². The first-order valence-corrected chi connectivity index (χ1v) is 8.52. The van der Waals surface area contributed by atoms with Crippen molar-refractivity contribution in [2.75, 3.05) is 38.1 Å². The molecule has 1 saturated heterocycles. The Morgan fingerprint density at radius 3 is 2.70 bits per heavy atom. The molecule has 0 radical (unpaired) electrons. The normalized spacial score (nSPS) is 18.0. The first kappa shape index (κ1) is 17.4. The molecule has 0 aromatic carbocycles. The maximum atomic E-state index is 12.1. The Kier molecular flexibility index (Phi) is 8.85. The van der Waals surface area contributed by atoms with Crippen molar-refractivity contribution in [1.82, 2.24) is 10.2 Å². The molecule has 1 N–H and O–H groups in total. The molecule has 1 atom stereocenters. The lowest BCUT2D eigenvalue weighted by Crippen LogP contribution is -2.37. The second-order valence-electron chi connectivity index (χ2n) is 5.07. The predicted octanol–water partition coefficient (Wildman–Crippen LogP) is 1.55. The minimum atomic E-state index is -0.251. The van der Waals surface area contributed by atoms with Gasteiger partial charge in [-0.25, -0.2) is 0 Å². The number of ether oxygens (including phenoxy) is 1. The van der Waals surface area contributed by atoms with Gasteiger partial charge >= 0.3 is 5.97 Å². The zero-order valence-corrected chi connectivity index (χ0v) is 13.8. The van der Waals surface area contributed by atoms with E-state index in [-0.39, 0.29) is 24.4 Å². The van der Waals surface area contributed by atoms with E-state index >= 15 is 0 Å². The Morgan fingerprint density at radius 2 is 2.10 bits per heavy atom. The summed E-state index contributed by atoms with van der Waals surface area (Å²) in [6, 6.07) is 0. The number of hydrogen-bond donors (Lipinski definition) is 1. The molecule has 1 amide bonds. The number of hydrogen-bond acceptors (Lipinski definition) is 4. The average molecular weight is 349 g/mol. The number of unbranched alkanes of at least 4 members (excludes halogenated alkanes) is 1. The van der Waals surface area contributed by atoms with E-state index in [1.165, 1.54) is 0 Å². The molecule has 0 spiro atoms. The van der Waals surface area contributed by atoms with Gasteiger partial charge in [0.1, 0.15) is 0 Å². The second-order valence-corrected chi connectivity index (χ2v) is 5.87. The van der Waals surface area contributed by atoms with Gasteiger partial charge in [0.05, 0.1) is 5.92 Å². The molecule has 0 aromatic rings. The number of carbonyl (C=O) groups excluding carboxylic acids is 2. The van der Waals surface area contributed by atoms with Gasteiger partial charge < -0.3 is 15.0 Å². The molecular weight excluding hydrogens is 324 g/mol. The van der Waals surface area contributed by atoms with E-state index in [0.717, 1.165) is 44.1 Å². The molecule has 116 valence electrons. The smallest absolute Gasteiger partial charge is 0.310 e. The number of alkyl halides is 1. The molecule has 0 saturated carbocycles. The van der Waals surface area contributed by atoms with Gasteiger partial charge in [-0.05, 0) is 25.8 Å². The molecule has 1 heterocycles. The van der Waals surface area contributed by atoms with E-state index in [4.69, 9.17) is 4.74 Å². The van der Waals surface area contributed by atoms with E-state index in [1.807, 2.05) is 0 Å². The minimum Gasteiger partial charge on any atom is -0.455 e. The van der Waals surface area contributed by atoms with E-state index in [9.17, 15) is 9.59 Å². The van der Waals surface area contributed by atoms with Crippen LogP contribution in [0.3, 0.4) is 0 Å². The van der Waals surface area contributed by atoms with Crippen LogP contribution in [0.4, 0.5) is 0 Å². The fourth-order valence-electron chi connectivity index (χ4n) is 2.16. The van der Waals surface area contributed by atoms with Crippen LogP contribution in [0.15, 0.2) is 0 Å². The average Bonchev–Trinajstić information content (AvgIpc) is 2.99. The molecule has 1 aliphatic heterocycles. The summed E-state index contributed by atoms with van der Waals surface area (Å²) in [5, 5.41) is 3.99. The Bertz CT molecular complexity index is 299. The molecule has 0 bridgehead atoms. The monoisotopic (exact) mass is 348 g/mol. The van der Waals surface area contributed by atoms with Crippen LogP contribution in [0, 0.1) is 5.92 Å². The van der Waals surface area contributed by atoms with Crippen LogP contribution in [0.5, 0.6) is 0 Å². The van der Waals surface area contributed by atoms with Gasteiger partial charge in [0.15, 0.2) is 6.61 Å². The molecule has 5 nitrogen and oxygen atoms in total. The summed E-state index contributed by atoms with van der Waals surface area (Å²) in [5.74, 6) is -0.424. The topological polar surface area (TPSA) is 58.6 Å². The van der Waals surface area contributed by atoms with Crippen molar-refractivity contribution < 1.29 is 14.3 Å². The van der Waals surface area contributed by atoms with Crippen molar-refractivity contribution in [3.63, 3.8) is 0 Å². The Balaban J connectivity index is 2.33. The van der Waals surface area contributed by atoms with Crippen molar-refractivity contribution in [3.05, 3.63) is 0 Å². The number of halogens is 1. The summed E-state index contributed by atoms with van der Waals surface area (Å²) in [5.41, 5.74) is 0. The first-order chi connectivity index (χ1) is 9.69. The standard InChI is InChI=1S/C14H25BrN2O3/c1-2-3-8-17(9-4-6-15)13(18)11-20-14(19)12-5-7-16-10-12/h12,16H,2-11H2,1H3. The fraction of sp³-hybridized carbons (Fsp3) is 0.857. The molecule has 1 fully saturated rings. The second kappa shape index (κ2) is 10.2. The molecule has 20 heavy (non-hydrogen) atoms. The zero-order valence-electron chi connectivity index (χ0n) is 12.2. The van der Waals surface area contributed by atoms with Gasteiger partial charge in [-0.15, -0.1) is 0 Å². The van der Waals surface area contributed by atoms with Crippen LogP contribution >= 0.6 is 15.9 Å². The van der Waals surface area contributed by atoms with Gasteiger partial charge in [-0.1, -0.05) is 29.3 Å². The molecular formula is C14H25BrN2O3. The maximum absolute atomic E-state index is 12.1. The van der Waals surface area contributed by atoms with E-state index in [1.54, 1.807) is 4.90 Å². The molecule has 1 rings (SSSR count). The third-order valence-corrected chi connectivity index (χ3v) is 3.99. The zero-order chi connectivity index (χ0) is 14.8. The van der Waals surface area contributed by atoms with Crippen LogP contribution in [0.25, 0.3) is 0 Å². The predicted molar refractivity (Wildman–Crippen MR) is 81.8 cm³/mol. The molecule has 0 aliphatic carbocycles. The van der Waals surface area contributed by atoms with E-state index in [0.29, 0.717) is 13.1 Å². The van der Waals surface area contributed by atoms with Crippen molar-refractivity contribution in [2.24, 2.45) is 5.92 Å². The number of amides is 1. The molecule has 1 unspecified atom stereocenters. The van der Waals surface area contributed by atoms with Crippen molar-refractivity contribution >= 4 is 27.8 Å². The third-order valence-electron chi connectivity index (χ3n) is 3.43. The summed E-state index contributed by atoms with van der Waals surface area (Å²) in [6.45, 7) is 4.94. The van der Waals surface area contributed by atoms with Crippen molar-refractivity contribution in [3.8, 4) is 0 Å². The number of rotatable bonds is 9. The van der Waals surface area contributed by atoms with Crippen LogP contribution in [-0.4, -0.2) is 54.9 Å². The van der Waals surface area contributed by atoms with Crippen LogP contribution in [0.1, 0.15) is 32.6 Å². The highest BCUT2D eigenvalue weighted by atomic mass is 79.9. The fourth-order valence-corrected chi connectivity index (χ4v) is 2.41.